The van der Waals surface area contributed by atoms with Crippen LogP contribution in [-0.4, -0.2) is 11.2 Å². The summed E-state index contributed by atoms with van der Waals surface area (Å²) in [6, 6.07) is 0. The van der Waals surface area contributed by atoms with Gasteiger partial charge < -0.3 is 5.11 Å². The van der Waals surface area contributed by atoms with E-state index in [-0.39, 0.29) is 11.5 Å². The fourth-order valence-electron chi connectivity index (χ4n) is 8.09. The van der Waals surface area contributed by atoms with Gasteiger partial charge in [0.05, 0.1) is 6.10 Å². The molecule has 1 N–H and O–H groups in total. The maximum atomic E-state index is 10.2. The molecule has 30 heavy (non-hydrogen) atoms. The predicted molar refractivity (Wildman–Crippen MR) is 128 cm³/mol. The van der Waals surface area contributed by atoms with Crippen LogP contribution in [0.15, 0.2) is 36.0 Å². The SMILES string of the molecule is CC[C@H](/C=C\[C@@H](C)[C@H]1CC[C@H]2[C@@H]3C=CC4C[C@@H](O)CC[C@]4(C)C3=CC[C@]12C)C(C)C. The Hall–Kier alpha value is -0.820. The van der Waals surface area contributed by atoms with Gasteiger partial charge in [-0.15, -0.1) is 0 Å². The van der Waals surface area contributed by atoms with E-state index in [0.29, 0.717) is 23.2 Å². The molecule has 1 unspecified atom stereocenters. The summed E-state index contributed by atoms with van der Waals surface area (Å²) < 4.78 is 0. The van der Waals surface area contributed by atoms with E-state index in [1.807, 2.05) is 0 Å². The number of hydrogen-bond donors (Lipinski definition) is 1. The molecule has 1 heteroatoms. The van der Waals surface area contributed by atoms with Gasteiger partial charge in [0.2, 0.25) is 0 Å². The molecular weight excluding hydrogens is 364 g/mol. The molecule has 2 saturated carbocycles. The van der Waals surface area contributed by atoms with E-state index in [2.05, 4.69) is 71.9 Å². The molecule has 0 spiro atoms. The van der Waals surface area contributed by atoms with Gasteiger partial charge in [0.15, 0.2) is 0 Å². The highest BCUT2D eigenvalue weighted by molar-refractivity contribution is 5.35. The summed E-state index contributed by atoms with van der Waals surface area (Å²) in [6.07, 6.45) is 21.1. The van der Waals surface area contributed by atoms with Crippen LogP contribution in [-0.2, 0) is 0 Å². The summed E-state index contributed by atoms with van der Waals surface area (Å²) in [5.41, 5.74) is 2.45. The van der Waals surface area contributed by atoms with Gasteiger partial charge in [-0.3, -0.25) is 0 Å². The number of hydrogen-bond acceptors (Lipinski definition) is 1. The minimum absolute atomic E-state index is 0.0972. The molecule has 0 radical (unpaired) electrons. The van der Waals surface area contributed by atoms with Crippen LogP contribution in [0, 0.1) is 52.3 Å². The number of allylic oxidation sites excluding steroid dienone is 6. The highest BCUT2D eigenvalue weighted by atomic mass is 16.3. The van der Waals surface area contributed by atoms with E-state index in [4.69, 9.17) is 0 Å². The van der Waals surface area contributed by atoms with Crippen molar-refractivity contribution in [2.45, 2.75) is 92.6 Å². The largest absolute Gasteiger partial charge is 0.393 e. The number of rotatable bonds is 5. The van der Waals surface area contributed by atoms with Crippen LogP contribution in [0.2, 0.25) is 0 Å². The number of fused-ring (bicyclic) bond motifs is 5. The van der Waals surface area contributed by atoms with Crippen molar-refractivity contribution in [3.8, 4) is 0 Å². The van der Waals surface area contributed by atoms with Crippen molar-refractivity contribution in [2.75, 3.05) is 0 Å². The zero-order valence-corrected chi connectivity index (χ0v) is 20.4. The Kier molecular flexibility index (Phi) is 6.17. The summed E-state index contributed by atoms with van der Waals surface area (Å²) in [5, 5.41) is 10.2. The molecule has 4 aliphatic carbocycles. The molecule has 1 nitrogen and oxygen atoms in total. The van der Waals surface area contributed by atoms with Crippen LogP contribution in [0.5, 0.6) is 0 Å². The average molecular weight is 411 g/mol. The lowest BCUT2D eigenvalue weighted by atomic mass is 9.50. The molecule has 0 aromatic heterocycles. The van der Waals surface area contributed by atoms with Crippen molar-refractivity contribution >= 4 is 0 Å². The first kappa shape index (κ1) is 22.4. The molecule has 9 atom stereocenters. The highest BCUT2D eigenvalue weighted by Gasteiger charge is 2.56. The van der Waals surface area contributed by atoms with Crippen molar-refractivity contribution in [3.63, 3.8) is 0 Å². The summed E-state index contributed by atoms with van der Waals surface area (Å²) in [5.74, 6) is 4.90. The van der Waals surface area contributed by atoms with Crippen molar-refractivity contribution in [1.29, 1.82) is 0 Å². The lowest BCUT2D eigenvalue weighted by molar-refractivity contribution is 0.0315. The Bertz CT molecular complexity index is 714. The smallest absolute Gasteiger partial charge is 0.0546 e. The zero-order valence-electron chi connectivity index (χ0n) is 20.4. The number of aliphatic hydroxyl groups is 1. The van der Waals surface area contributed by atoms with Gasteiger partial charge in [-0.2, -0.15) is 0 Å². The Morgan fingerprint density at radius 2 is 1.87 bits per heavy atom. The fourth-order valence-corrected chi connectivity index (χ4v) is 8.09. The Labute approximate surface area is 186 Å². The van der Waals surface area contributed by atoms with E-state index in [9.17, 15) is 5.11 Å². The first-order valence-electron chi connectivity index (χ1n) is 13.0. The van der Waals surface area contributed by atoms with Gasteiger partial charge in [-0.1, -0.05) is 77.5 Å². The topological polar surface area (TPSA) is 20.2 Å². The lowest BCUT2D eigenvalue weighted by Crippen LogP contribution is -2.46. The van der Waals surface area contributed by atoms with Gasteiger partial charge in [0.25, 0.3) is 0 Å². The quantitative estimate of drug-likeness (QED) is 0.463. The Morgan fingerprint density at radius 1 is 1.10 bits per heavy atom. The molecule has 168 valence electrons. The van der Waals surface area contributed by atoms with E-state index in [1.54, 1.807) is 5.57 Å². The van der Waals surface area contributed by atoms with Crippen LogP contribution in [0.3, 0.4) is 0 Å². The maximum absolute atomic E-state index is 10.2. The van der Waals surface area contributed by atoms with E-state index >= 15 is 0 Å². The molecule has 0 aromatic carbocycles. The van der Waals surface area contributed by atoms with Crippen molar-refractivity contribution in [2.24, 2.45) is 52.3 Å². The van der Waals surface area contributed by atoms with Crippen LogP contribution in [0.4, 0.5) is 0 Å². The molecule has 4 rings (SSSR count). The maximum Gasteiger partial charge on any atom is 0.0546 e. The van der Waals surface area contributed by atoms with Gasteiger partial charge in [-0.05, 0) is 91.3 Å². The lowest BCUT2D eigenvalue weighted by Gasteiger charge is -2.54. The van der Waals surface area contributed by atoms with E-state index in [1.165, 1.54) is 25.7 Å². The summed E-state index contributed by atoms with van der Waals surface area (Å²) in [4.78, 5) is 0. The van der Waals surface area contributed by atoms with Crippen molar-refractivity contribution < 1.29 is 5.11 Å². The third-order valence-corrected chi connectivity index (χ3v) is 10.2. The van der Waals surface area contributed by atoms with Crippen LogP contribution >= 0.6 is 0 Å². The normalized spacial score (nSPS) is 45.1. The molecule has 0 aliphatic heterocycles. The average Bonchev–Trinajstić information content (AvgIpc) is 3.06. The van der Waals surface area contributed by atoms with Crippen LogP contribution < -0.4 is 0 Å². The number of aliphatic hydroxyl groups excluding tert-OH is 1. The molecule has 0 aromatic rings. The van der Waals surface area contributed by atoms with Crippen molar-refractivity contribution in [1.82, 2.24) is 0 Å². The van der Waals surface area contributed by atoms with E-state index < -0.39 is 0 Å². The minimum Gasteiger partial charge on any atom is -0.393 e. The van der Waals surface area contributed by atoms with Gasteiger partial charge in [0.1, 0.15) is 0 Å². The summed E-state index contributed by atoms with van der Waals surface area (Å²) >= 11 is 0. The Morgan fingerprint density at radius 3 is 2.57 bits per heavy atom. The highest BCUT2D eigenvalue weighted by Crippen LogP contribution is 2.64. The standard InChI is InChI=1S/C29H46O/c1-7-21(19(2)3)9-8-20(4)25-12-13-26-24-11-10-22-18-23(30)14-16-28(22,5)27(24)15-17-29(25,26)6/h8-11,15,19-26,30H,7,12-14,16-18H2,1-6H3/b9-8-/t20-,21-,22?,23+,24+,25-,26+,28+,29-/m1/s1. The second kappa shape index (κ2) is 8.27. The molecule has 0 saturated heterocycles. The predicted octanol–water partition coefficient (Wildman–Crippen LogP) is 7.58. The molecule has 2 fully saturated rings. The zero-order chi connectivity index (χ0) is 21.7. The minimum atomic E-state index is -0.0972. The summed E-state index contributed by atoms with van der Waals surface area (Å²) in [6.45, 7) is 14.6. The van der Waals surface area contributed by atoms with Gasteiger partial charge in [-0.25, -0.2) is 0 Å². The summed E-state index contributed by atoms with van der Waals surface area (Å²) in [7, 11) is 0. The van der Waals surface area contributed by atoms with Crippen molar-refractivity contribution in [3.05, 3.63) is 36.0 Å². The van der Waals surface area contributed by atoms with Crippen LogP contribution in [0.25, 0.3) is 0 Å². The van der Waals surface area contributed by atoms with Gasteiger partial charge in [0, 0.05) is 5.92 Å². The van der Waals surface area contributed by atoms with E-state index in [0.717, 1.165) is 42.9 Å². The molecule has 4 aliphatic rings. The van der Waals surface area contributed by atoms with Crippen LogP contribution in [0.1, 0.15) is 86.5 Å². The Balaban J connectivity index is 1.56. The third kappa shape index (κ3) is 3.58. The fraction of sp³-hybridized carbons (Fsp3) is 0.793. The molecular formula is C29H46O. The molecule has 0 amide bonds. The molecule has 0 bridgehead atoms. The second-order valence-corrected chi connectivity index (χ2v) is 12.1. The van der Waals surface area contributed by atoms with Gasteiger partial charge >= 0.3 is 0 Å². The first-order valence-corrected chi connectivity index (χ1v) is 13.0. The molecule has 0 heterocycles. The third-order valence-electron chi connectivity index (χ3n) is 10.2. The first-order chi connectivity index (χ1) is 14.2. The monoisotopic (exact) mass is 410 g/mol. The second-order valence-electron chi connectivity index (χ2n) is 12.1.